The van der Waals surface area contributed by atoms with Gasteiger partial charge in [-0.05, 0) is 30.5 Å². The number of benzene rings is 1. The molecule has 0 saturated heterocycles. The number of nitrogens with zero attached hydrogens (tertiary/aromatic N) is 3. The molecule has 3 aromatic heterocycles. The molecule has 0 spiro atoms. The third-order valence-corrected chi connectivity index (χ3v) is 4.19. The minimum absolute atomic E-state index is 0.413. The predicted molar refractivity (Wildman–Crippen MR) is 85.4 cm³/mol. The lowest BCUT2D eigenvalue weighted by molar-refractivity contribution is 0.431. The summed E-state index contributed by atoms with van der Waals surface area (Å²) in [5, 5.41) is 13.3. The van der Waals surface area contributed by atoms with Gasteiger partial charge in [-0.15, -0.1) is 11.3 Å². The van der Waals surface area contributed by atoms with Crippen molar-refractivity contribution in [2.75, 3.05) is 0 Å². The lowest BCUT2D eigenvalue weighted by Gasteiger charge is -1.94. The van der Waals surface area contributed by atoms with E-state index in [1.165, 1.54) is 0 Å². The van der Waals surface area contributed by atoms with Gasteiger partial charge in [-0.2, -0.15) is 10.1 Å². The molecule has 6 heteroatoms. The van der Waals surface area contributed by atoms with Crippen LogP contribution in [0.15, 0.2) is 52.4 Å². The molecule has 0 bridgehead atoms. The Morgan fingerprint density at radius 3 is 2.91 bits per heavy atom. The van der Waals surface area contributed by atoms with E-state index in [1.807, 2.05) is 54.8 Å². The van der Waals surface area contributed by atoms with Crippen LogP contribution in [-0.2, 0) is 0 Å². The fraction of sp³-hybridized carbons (Fsp3) is 0.0625. The molecular weight excluding hydrogens is 296 g/mol. The second-order valence-corrected chi connectivity index (χ2v) is 5.88. The highest BCUT2D eigenvalue weighted by Gasteiger charge is 2.14. The summed E-state index contributed by atoms with van der Waals surface area (Å²) in [6.45, 7) is 2.03. The van der Waals surface area contributed by atoms with Gasteiger partial charge in [0.1, 0.15) is 0 Å². The van der Waals surface area contributed by atoms with Gasteiger partial charge in [0.25, 0.3) is 5.89 Å². The molecule has 4 aromatic rings. The maximum absolute atomic E-state index is 5.34. The second-order valence-electron chi connectivity index (χ2n) is 4.94. The van der Waals surface area contributed by atoms with Crippen molar-refractivity contribution < 1.29 is 4.52 Å². The maximum Gasteiger partial charge on any atom is 0.278 e. The molecule has 0 aliphatic heterocycles. The van der Waals surface area contributed by atoms with E-state index in [4.69, 9.17) is 4.52 Å². The Bertz CT molecular complexity index is 908. The molecule has 3 heterocycles. The molecule has 0 atom stereocenters. The van der Waals surface area contributed by atoms with Crippen molar-refractivity contribution in [3.8, 4) is 33.5 Å². The maximum atomic E-state index is 5.34. The summed E-state index contributed by atoms with van der Waals surface area (Å²) in [5.74, 6) is 0.981. The Labute approximate surface area is 130 Å². The number of thiophene rings is 1. The molecule has 0 fully saturated rings. The normalized spacial score (nSPS) is 11.0. The number of aryl methyl sites for hydroxylation is 1. The van der Waals surface area contributed by atoms with Crippen molar-refractivity contribution in [3.05, 3.63) is 53.4 Å². The molecule has 5 nitrogen and oxygen atoms in total. The number of rotatable bonds is 3. The Hall–Kier alpha value is -2.73. The van der Waals surface area contributed by atoms with Crippen LogP contribution in [0.25, 0.3) is 33.5 Å². The number of hydrogen-bond donors (Lipinski definition) is 1. The van der Waals surface area contributed by atoms with E-state index in [0.717, 1.165) is 21.7 Å². The van der Waals surface area contributed by atoms with Crippen LogP contribution in [0.3, 0.4) is 0 Å². The Balaban J connectivity index is 1.67. The molecule has 0 radical (unpaired) electrons. The molecule has 0 aliphatic rings. The highest BCUT2D eigenvalue weighted by molar-refractivity contribution is 7.13. The van der Waals surface area contributed by atoms with E-state index < -0.39 is 0 Å². The van der Waals surface area contributed by atoms with Crippen molar-refractivity contribution in [1.29, 1.82) is 0 Å². The first kappa shape index (κ1) is 13.0. The van der Waals surface area contributed by atoms with Gasteiger partial charge >= 0.3 is 0 Å². The van der Waals surface area contributed by atoms with E-state index in [-0.39, 0.29) is 0 Å². The SMILES string of the molecule is Cc1cccc(-c2noc(-c3cc(-c4cccs4)[nH]n3)n2)c1. The van der Waals surface area contributed by atoms with Gasteiger partial charge in [-0.3, -0.25) is 5.10 Å². The van der Waals surface area contributed by atoms with Gasteiger partial charge in [-0.25, -0.2) is 0 Å². The molecule has 0 unspecified atom stereocenters. The zero-order valence-corrected chi connectivity index (χ0v) is 12.6. The van der Waals surface area contributed by atoms with Crippen molar-refractivity contribution in [3.63, 3.8) is 0 Å². The average Bonchev–Trinajstić information content (AvgIpc) is 3.27. The monoisotopic (exact) mass is 308 g/mol. The zero-order valence-electron chi connectivity index (χ0n) is 11.8. The number of aromatic amines is 1. The average molecular weight is 308 g/mol. The Morgan fingerprint density at radius 1 is 1.14 bits per heavy atom. The number of aromatic nitrogens is 4. The van der Waals surface area contributed by atoms with E-state index in [0.29, 0.717) is 17.4 Å². The summed E-state index contributed by atoms with van der Waals surface area (Å²) in [7, 11) is 0. The van der Waals surface area contributed by atoms with Crippen LogP contribution in [0.5, 0.6) is 0 Å². The lowest BCUT2D eigenvalue weighted by Crippen LogP contribution is -1.82. The molecule has 4 rings (SSSR count). The van der Waals surface area contributed by atoms with E-state index in [2.05, 4.69) is 20.3 Å². The smallest absolute Gasteiger partial charge is 0.278 e. The van der Waals surface area contributed by atoms with Crippen molar-refractivity contribution in [2.24, 2.45) is 0 Å². The summed E-state index contributed by atoms with van der Waals surface area (Å²) >= 11 is 1.65. The summed E-state index contributed by atoms with van der Waals surface area (Å²) < 4.78 is 5.34. The first-order chi connectivity index (χ1) is 10.8. The van der Waals surface area contributed by atoms with Gasteiger partial charge in [0, 0.05) is 5.56 Å². The summed E-state index contributed by atoms with van der Waals surface area (Å²) in [5.41, 5.74) is 3.68. The molecule has 0 saturated carbocycles. The van der Waals surface area contributed by atoms with Gasteiger partial charge < -0.3 is 4.52 Å². The van der Waals surface area contributed by atoms with Gasteiger partial charge in [0.05, 0.1) is 10.6 Å². The highest BCUT2D eigenvalue weighted by Crippen LogP contribution is 2.27. The van der Waals surface area contributed by atoms with Crippen LogP contribution in [0.2, 0.25) is 0 Å². The molecular formula is C16H12N4OS. The van der Waals surface area contributed by atoms with Crippen LogP contribution < -0.4 is 0 Å². The van der Waals surface area contributed by atoms with Crippen molar-refractivity contribution >= 4 is 11.3 Å². The zero-order chi connectivity index (χ0) is 14.9. The second kappa shape index (κ2) is 5.23. The fourth-order valence-corrected chi connectivity index (χ4v) is 2.91. The highest BCUT2D eigenvalue weighted by atomic mass is 32.1. The van der Waals surface area contributed by atoms with Crippen LogP contribution in [0.4, 0.5) is 0 Å². The third kappa shape index (κ3) is 2.33. The lowest BCUT2D eigenvalue weighted by atomic mass is 10.1. The number of H-pyrrole nitrogens is 1. The fourth-order valence-electron chi connectivity index (χ4n) is 2.22. The van der Waals surface area contributed by atoms with Gasteiger partial charge in [-0.1, -0.05) is 35.0 Å². The predicted octanol–water partition coefficient (Wildman–Crippen LogP) is 4.16. The topological polar surface area (TPSA) is 67.6 Å². The molecule has 0 aliphatic carbocycles. The van der Waals surface area contributed by atoms with Crippen LogP contribution in [0.1, 0.15) is 5.56 Å². The van der Waals surface area contributed by atoms with Crippen LogP contribution >= 0.6 is 11.3 Å². The molecule has 1 aromatic carbocycles. The minimum atomic E-state index is 0.413. The van der Waals surface area contributed by atoms with E-state index in [1.54, 1.807) is 11.3 Å². The number of hydrogen-bond acceptors (Lipinski definition) is 5. The Morgan fingerprint density at radius 2 is 2.09 bits per heavy atom. The first-order valence-electron chi connectivity index (χ1n) is 6.80. The Kier molecular flexibility index (Phi) is 3.08. The molecule has 0 amide bonds. The minimum Gasteiger partial charge on any atom is -0.332 e. The largest absolute Gasteiger partial charge is 0.332 e. The van der Waals surface area contributed by atoms with E-state index in [9.17, 15) is 0 Å². The standard InChI is InChI=1S/C16H12N4OS/c1-10-4-2-5-11(8-10)15-17-16(21-20-15)13-9-12(18-19-13)14-6-3-7-22-14/h2-9H,1H3,(H,18,19). The van der Waals surface area contributed by atoms with E-state index >= 15 is 0 Å². The van der Waals surface area contributed by atoms with Crippen LogP contribution in [0, 0.1) is 6.92 Å². The molecule has 22 heavy (non-hydrogen) atoms. The van der Waals surface area contributed by atoms with Crippen molar-refractivity contribution in [1.82, 2.24) is 20.3 Å². The van der Waals surface area contributed by atoms with Gasteiger partial charge in [0.15, 0.2) is 5.69 Å². The molecule has 1 N–H and O–H groups in total. The summed E-state index contributed by atoms with van der Waals surface area (Å²) in [6, 6.07) is 13.9. The quantitative estimate of drug-likeness (QED) is 0.617. The van der Waals surface area contributed by atoms with Crippen LogP contribution in [-0.4, -0.2) is 20.3 Å². The first-order valence-corrected chi connectivity index (χ1v) is 7.68. The summed E-state index contributed by atoms with van der Waals surface area (Å²) in [6.07, 6.45) is 0. The van der Waals surface area contributed by atoms with Gasteiger partial charge in [0.2, 0.25) is 5.82 Å². The number of nitrogens with one attached hydrogen (secondary N) is 1. The van der Waals surface area contributed by atoms with Crippen molar-refractivity contribution in [2.45, 2.75) is 6.92 Å². The molecule has 108 valence electrons. The third-order valence-electron chi connectivity index (χ3n) is 3.29. The summed E-state index contributed by atoms with van der Waals surface area (Å²) in [4.78, 5) is 5.55.